The zero-order valence-corrected chi connectivity index (χ0v) is 8.67. The Labute approximate surface area is 87.3 Å². The van der Waals surface area contributed by atoms with Gasteiger partial charge in [0.25, 0.3) is 0 Å². The lowest BCUT2D eigenvalue weighted by Crippen LogP contribution is -2.31. The molecule has 0 radical (unpaired) electrons. The molecule has 5 atom stereocenters. The summed E-state index contributed by atoms with van der Waals surface area (Å²) in [5.74, 6) is -1.30. The van der Waals surface area contributed by atoms with Crippen LogP contribution < -0.4 is 0 Å². The van der Waals surface area contributed by atoms with Crippen molar-refractivity contribution in [2.24, 2.45) is 5.92 Å². The normalized spacial score (nSPS) is 51.4. The average Bonchev–Trinajstić information content (AvgIpc) is 2.66. The molecule has 3 aliphatic rings. The molecule has 0 spiro atoms. The molecule has 3 fully saturated rings. The molecule has 84 valence electrons. The van der Waals surface area contributed by atoms with Crippen LogP contribution in [0.4, 0.5) is 0 Å². The van der Waals surface area contributed by atoms with Crippen LogP contribution in [0.25, 0.3) is 0 Å². The Bertz CT molecular complexity index is 313. The van der Waals surface area contributed by atoms with Crippen molar-refractivity contribution in [2.75, 3.05) is 0 Å². The van der Waals surface area contributed by atoms with Crippen molar-refractivity contribution < 1.29 is 24.1 Å². The van der Waals surface area contributed by atoms with E-state index in [0.717, 1.165) is 0 Å². The Morgan fingerprint density at radius 1 is 1.33 bits per heavy atom. The quantitative estimate of drug-likeness (QED) is 0.566. The Balaban J connectivity index is 1.83. The van der Waals surface area contributed by atoms with Gasteiger partial charge >= 0.3 is 5.97 Å². The summed E-state index contributed by atoms with van der Waals surface area (Å²) in [6.07, 6.45) is -0.981. The van der Waals surface area contributed by atoms with Gasteiger partial charge in [0.05, 0.1) is 6.10 Å². The largest absolute Gasteiger partial charge is 0.457 e. The van der Waals surface area contributed by atoms with Crippen LogP contribution in [-0.4, -0.2) is 41.3 Å². The number of fused-ring (bicyclic) bond motifs is 3. The SMILES string of the molecule is CC1(C)OC2CC3C(OC(=O)[C@H]3O)C2O1. The lowest BCUT2D eigenvalue weighted by atomic mass is 10.0. The van der Waals surface area contributed by atoms with E-state index in [1.54, 1.807) is 0 Å². The fourth-order valence-electron chi connectivity index (χ4n) is 2.81. The molecule has 5 nitrogen and oxygen atoms in total. The van der Waals surface area contributed by atoms with Crippen LogP contribution in [0.5, 0.6) is 0 Å². The van der Waals surface area contributed by atoms with Gasteiger partial charge in [-0.05, 0) is 20.3 Å². The van der Waals surface area contributed by atoms with Crippen LogP contribution in [-0.2, 0) is 19.0 Å². The van der Waals surface area contributed by atoms with Crippen molar-refractivity contribution in [3.8, 4) is 0 Å². The highest BCUT2D eigenvalue weighted by Crippen LogP contribution is 2.46. The van der Waals surface area contributed by atoms with Gasteiger partial charge in [-0.25, -0.2) is 4.79 Å². The first kappa shape index (κ1) is 9.57. The number of hydrogen-bond acceptors (Lipinski definition) is 5. The van der Waals surface area contributed by atoms with Gasteiger partial charge in [0.2, 0.25) is 0 Å². The third-order valence-electron chi connectivity index (χ3n) is 3.37. The zero-order chi connectivity index (χ0) is 10.8. The summed E-state index contributed by atoms with van der Waals surface area (Å²) >= 11 is 0. The van der Waals surface area contributed by atoms with Gasteiger partial charge in [0.15, 0.2) is 11.9 Å². The molecule has 1 saturated carbocycles. The van der Waals surface area contributed by atoms with Gasteiger partial charge in [0, 0.05) is 5.92 Å². The number of carbonyl (C=O) groups excluding carboxylic acids is 1. The number of carbonyl (C=O) groups is 1. The molecular formula is C10H14O5. The Morgan fingerprint density at radius 3 is 2.80 bits per heavy atom. The number of hydrogen-bond donors (Lipinski definition) is 1. The molecule has 0 aromatic rings. The van der Waals surface area contributed by atoms with E-state index < -0.39 is 17.9 Å². The molecule has 0 aromatic carbocycles. The third kappa shape index (κ3) is 1.23. The smallest absolute Gasteiger partial charge is 0.335 e. The Morgan fingerprint density at radius 2 is 2.07 bits per heavy atom. The van der Waals surface area contributed by atoms with E-state index >= 15 is 0 Å². The Hall–Kier alpha value is -0.650. The number of rotatable bonds is 0. The molecule has 3 rings (SSSR count). The van der Waals surface area contributed by atoms with E-state index in [4.69, 9.17) is 14.2 Å². The molecule has 4 unspecified atom stereocenters. The fraction of sp³-hybridized carbons (Fsp3) is 0.900. The summed E-state index contributed by atoms with van der Waals surface area (Å²) in [7, 11) is 0. The maximum absolute atomic E-state index is 11.2. The molecule has 2 heterocycles. The number of esters is 1. The van der Waals surface area contributed by atoms with Crippen LogP contribution in [0.1, 0.15) is 20.3 Å². The van der Waals surface area contributed by atoms with Gasteiger partial charge in [0.1, 0.15) is 12.2 Å². The highest BCUT2D eigenvalue weighted by Gasteiger charge is 2.61. The van der Waals surface area contributed by atoms with E-state index in [-0.39, 0.29) is 24.2 Å². The first-order chi connectivity index (χ1) is 6.98. The molecule has 1 N–H and O–H groups in total. The topological polar surface area (TPSA) is 65.0 Å². The minimum Gasteiger partial charge on any atom is -0.457 e. The molecular weight excluding hydrogens is 200 g/mol. The van der Waals surface area contributed by atoms with Gasteiger partial charge in [-0.2, -0.15) is 0 Å². The maximum Gasteiger partial charge on any atom is 0.335 e. The van der Waals surface area contributed by atoms with Crippen molar-refractivity contribution in [3.05, 3.63) is 0 Å². The van der Waals surface area contributed by atoms with Crippen molar-refractivity contribution in [2.45, 2.75) is 50.5 Å². The first-order valence-electron chi connectivity index (χ1n) is 5.22. The maximum atomic E-state index is 11.2. The van der Waals surface area contributed by atoms with Crippen molar-refractivity contribution in [1.82, 2.24) is 0 Å². The van der Waals surface area contributed by atoms with Crippen LogP contribution in [0, 0.1) is 5.92 Å². The highest BCUT2D eigenvalue weighted by atomic mass is 16.8. The monoisotopic (exact) mass is 214 g/mol. The molecule has 0 bridgehead atoms. The second kappa shape index (κ2) is 2.72. The first-order valence-corrected chi connectivity index (χ1v) is 5.22. The van der Waals surface area contributed by atoms with Crippen LogP contribution in [0.3, 0.4) is 0 Å². The Kier molecular flexibility index (Phi) is 1.74. The van der Waals surface area contributed by atoms with Crippen molar-refractivity contribution in [1.29, 1.82) is 0 Å². The molecule has 2 saturated heterocycles. The molecule has 0 aromatic heterocycles. The van der Waals surface area contributed by atoms with Crippen molar-refractivity contribution in [3.63, 3.8) is 0 Å². The van der Waals surface area contributed by atoms with E-state index in [9.17, 15) is 9.90 Å². The average molecular weight is 214 g/mol. The summed E-state index contributed by atoms with van der Waals surface area (Å²) in [6, 6.07) is 0. The number of ether oxygens (including phenoxy) is 3. The minimum atomic E-state index is -1.00. The molecule has 1 aliphatic carbocycles. The lowest BCUT2D eigenvalue weighted by molar-refractivity contribution is -0.169. The lowest BCUT2D eigenvalue weighted by Gasteiger charge is -2.21. The second-order valence-electron chi connectivity index (χ2n) is 4.88. The zero-order valence-electron chi connectivity index (χ0n) is 8.67. The molecule has 15 heavy (non-hydrogen) atoms. The summed E-state index contributed by atoms with van der Waals surface area (Å²) in [6.45, 7) is 3.68. The molecule has 5 heteroatoms. The summed E-state index contributed by atoms with van der Waals surface area (Å²) in [4.78, 5) is 11.2. The van der Waals surface area contributed by atoms with Crippen LogP contribution in [0.15, 0.2) is 0 Å². The van der Waals surface area contributed by atoms with Gasteiger partial charge in [-0.15, -0.1) is 0 Å². The number of aliphatic hydroxyl groups excluding tert-OH is 1. The van der Waals surface area contributed by atoms with Gasteiger partial charge < -0.3 is 19.3 Å². The minimum absolute atomic E-state index is 0.0576. The van der Waals surface area contributed by atoms with E-state index in [1.165, 1.54) is 0 Å². The molecule has 2 aliphatic heterocycles. The second-order valence-corrected chi connectivity index (χ2v) is 4.88. The van der Waals surface area contributed by atoms with E-state index in [0.29, 0.717) is 6.42 Å². The fourth-order valence-corrected chi connectivity index (χ4v) is 2.81. The number of aliphatic hydroxyl groups is 1. The van der Waals surface area contributed by atoms with Crippen LogP contribution in [0.2, 0.25) is 0 Å². The van der Waals surface area contributed by atoms with Gasteiger partial charge in [-0.1, -0.05) is 0 Å². The molecule has 0 amide bonds. The predicted molar refractivity (Wildman–Crippen MR) is 47.8 cm³/mol. The highest BCUT2D eigenvalue weighted by molar-refractivity contribution is 5.77. The van der Waals surface area contributed by atoms with E-state index in [2.05, 4.69) is 0 Å². The standard InChI is InChI=1S/C10H14O5/c1-10(2)14-5-3-4-6(11)9(12)13-7(4)8(5)15-10/h4-8,11H,3H2,1-2H3/t4?,5?,6-,7?,8?/m0/s1. The summed E-state index contributed by atoms with van der Waals surface area (Å²) in [5.41, 5.74) is 0. The third-order valence-corrected chi connectivity index (χ3v) is 3.37. The van der Waals surface area contributed by atoms with Crippen molar-refractivity contribution >= 4 is 5.97 Å². The van der Waals surface area contributed by atoms with Crippen LogP contribution >= 0.6 is 0 Å². The summed E-state index contributed by atoms with van der Waals surface area (Å²) in [5, 5.41) is 9.57. The van der Waals surface area contributed by atoms with Gasteiger partial charge in [-0.3, -0.25) is 0 Å². The van der Waals surface area contributed by atoms with E-state index in [1.807, 2.05) is 13.8 Å². The summed E-state index contributed by atoms with van der Waals surface area (Å²) < 4.78 is 16.5. The predicted octanol–water partition coefficient (Wildman–Crippen LogP) is -0.187.